The van der Waals surface area contributed by atoms with E-state index in [1.54, 1.807) is 29.4 Å². The molecule has 1 amide bonds. The van der Waals surface area contributed by atoms with Gasteiger partial charge in [0.2, 0.25) is 0 Å². The van der Waals surface area contributed by atoms with Gasteiger partial charge in [-0.15, -0.1) is 23.1 Å². The topological polar surface area (TPSA) is 116 Å². The molecule has 4 aromatic rings. The number of nitrogens with one attached hydrogen (secondary N) is 2. The Kier molecular flexibility index (Phi) is 6.86. The molecule has 3 aromatic heterocycles. The van der Waals surface area contributed by atoms with Crippen LogP contribution in [0.5, 0.6) is 0 Å². The fourth-order valence-electron chi connectivity index (χ4n) is 3.63. The minimum Gasteiger partial charge on any atom is -0.309 e. The maximum atomic E-state index is 13.1. The summed E-state index contributed by atoms with van der Waals surface area (Å²) in [5, 5.41) is 16.5. The predicted octanol–water partition coefficient (Wildman–Crippen LogP) is 4.87. The monoisotopic (exact) mass is 492 g/mol. The van der Waals surface area contributed by atoms with E-state index in [-0.39, 0.29) is 17.9 Å². The van der Waals surface area contributed by atoms with Crippen LogP contribution in [0.15, 0.2) is 34.0 Å². The molecule has 3 heterocycles. The Labute approximate surface area is 205 Å². The molecular weight excluding hydrogens is 468 g/mol. The van der Waals surface area contributed by atoms with Crippen LogP contribution in [0, 0.1) is 39.0 Å². The SMILES string of the molecule is Cc1ccc(C)c(SCc2nc3sc(C(=O)Nc4cc(C)nn4CCC#N)c(C)c3c(=O)[nH]2)c1. The average Bonchev–Trinajstić information content (AvgIpc) is 3.31. The molecule has 0 atom stereocenters. The van der Waals surface area contributed by atoms with Crippen molar-refractivity contribution in [3.63, 3.8) is 0 Å². The molecule has 8 nitrogen and oxygen atoms in total. The second-order valence-corrected chi connectivity index (χ2v) is 10.1. The van der Waals surface area contributed by atoms with E-state index in [2.05, 4.69) is 58.5 Å². The highest BCUT2D eigenvalue weighted by molar-refractivity contribution is 7.98. The van der Waals surface area contributed by atoms with Crippen LogP contribution in [0.3, 0.4) is 0 Å². The van der Waals surface area contributed by atoms with Gasteiger partial charge < -0.3 is 10.3 Å². The van der Waals surface area contributed by atoms with E-state index < -0.39 is 0 Å². The molecule has 0 aliphatic rings. The maximum absolute atomic E-state index is 13.1. The quantitative estimate of drug-likeness (QED) is 0.355. The van der Waals surface area contributed by atoms with Gasteiger partial charge in [-0.05, 0) is 44.9 Å². The highest BCUT2D eigenvalue weighted by Gasteiger charge is 2.21. The standard InChI is InChI=1S/C24H24N6O2S2/c1-13-6-7-14(2)17(10-13)33-12-18-26-22(31)20-16(4)21(34-24(20)27-18)23(32)28-19-11-15(3)29-30(19)9-5-8-25/h6-7,10-11H,5,9,12H2,1-4H3,(H,28,32)(H,26,27,31). The maximum Gasteiger partial charge on any atom is 0.267 e. The fraction of sp³-hybridized carbons (Fsp3) is 0.292. The number of carbonyl (C=O) groups excluding carboxylic acids is 1. The summed E-state index contributed by atoms with van der Waals surface area (Å²) < 4.78 is 1.60. The van der Waals surface area contributed by atoms with Crippen molar-refractivity contribution < 1.29 is 4.79 Å². The van der Waals surface area contributed by atoms with Crippen LogP contribution in [0.25, 0.3) is 10.2 Å². The van der Waals surface area contributed by atoms with Crippen LogP contribution >= 0.6 is 23.1 Å². The number of hydrogen-bond donors (Lipinski definition) is 2. The highest BCUT2D eigenvalue weighted by atomic mass is 32.2. The smallest absolute Gasteiger partial charge is 0.267 e. The first-order valence-corrected chi connectivity index (χ1v) is 12.5. The van der Waals surface area contributed by atoms with E-state index in [9.17, 15) is 9.59 Å². The van der Waals surface area contributed by atoms with Gasteiger partial charge in [-0.25, -0.2) is 9.67 Å². The minimum absolute atomic E-state index is 0.246. The third kappa shape index (κ3) is 4.90. The molecule has 0 saturated carbocycles. The summed E-state index contributed by atoms with van der Waals surface area (Å²) >= 11 is 2.82. The van der Waals surface area contributed by atoms with E-state index in [0.29, 0.717) is 44.6 Å². The van der Waals surface area contributed by atoms with Gasteiger partial charge in [-0.2, -0.15) is 10.4 Å². The number of nitrogens with zero attached hydrogens (tertiary/aromatic N) is 4. The molecule has 10 heteroatoms. The molecule has 0 unspecified atom stereocenters. The van der Waals surface area contributed by atoms with E-state index in [1.807, 2.05) is 6.92 Å². The van der Waals surface area contributed by atoms with Gasteiger partial charge >= 0.3 is 0 Å². The van der Waals surface area contributed by atoms with Crippen LogP contribution in [0.2, 0.25) is 0 Å². The van der Waals surface area contributed by atoms with Crippen molar-refractivity contribution in [3.05, 3.63) is 67.7 Å². The zero-order chi connectivity index (χ0) is 24.4. The number of thiophene rings is 1. The van der Waals surface area contributed by atoms with E-state index >= 15 is 0 Å². The van der Waals surface area contributed by atoms with Crippen molar-refractivity contribution in [1.82, 2.24) is 19.7 Å². The number of H-pyrrole nitrogens is 1. The zero-order valence-corrected chi connectivity index (χ0v) is 21.0. The molecule has 0 radical (unpaired) electrons. The van der Waals surface area contributed by atoms with E-state index in [0.717, 1.165) is 10.6 Å². The number of carbonyl (C=O) groups is 1. The molecule has 0 aliphatic heterocycles. The number of anilines is 1. The second kappa shape index (κ2) is 9.83. The number of aromatic amines is 1. The molecule has 0 saturated heterocycles. The average molecular weight is 493 g/mol. The molecule has 1 aromatic carbocycles. The molecule has 4 rings (SSSR count). The number of hydrogen-bond acceptors (Lipinski definition) is 7. The summed E-state index contributed by atoms with van der Waals surface area (Å²) in [6.07, 6.45) is 0.286. The molecule has 0 aliphatic carbocycles. The summed E-state index contributed by atoms with van der Waals surface area (Å²) in [4.78, 5) is 35.5. The van der Waals surface area contributed by atoms with E-state index in [1.165, 1.54) is 22.5 Å². The largest absolute Gasteiger partial charge is 0.309 e. The Balaban J connectivity index is 1.59. The Morgan fingerprint density at radius 2 is 2.06 bits per heavy atom. The van der Waals surface area contributed by atoms with Gasteiger partial charge in [-0.1, -0.05) is 17.7 Å². The molecular formula is C24H24N6O2S2. The van der Waals surface area contributed by atoms with Gasteiger partial charge in [0, 0.05) is 11.0 Å². The highest BCUT2D eigenvalue weighted by Crippen LogP contribution is 2.30. The lowest BCUT2D eigenvalue weighted by Crippen LogP contribution is -2.16. The number of thioether (sulfide) groups is 1. The first-order valence-electron chi connectivity index (χ1n) is 10.7. The molecule has 174 valence electrons. The summed E-state index contributed by atoms with van der Waals surface area (Å²) in [5.41, 5.74) is 3.45. The first-order chi connectivity index (χ1) is 16.3. The van der Waals surface area contributed by atoms with Crippen molar-refractivity contribution in [3.8, 4) is 6.07 Å². The molecule has 0 spiro atoms. The second-order valence-electron chi connectivity index (χ2n) is 8.06. The number of aryl methyl sites for hydroxylation is 5. The normalized spacial score (nSPS) is 11.0. The Morgan fingerprint density at radius 3 is 2.82 bits per heavy atom. The number of nitriles is 1. The molecule has 2 N–H and O–H groups in total. The van der Waals surface area contributed by atoms with Gasteiger partial charge in [0.1, 0.15) is 16.5 Å². The van der Waals surface area contributed by atoms with Crippen molar-refractivity contribution in [2.24, 2.45) is 0 Å². The van der Waals surface area contributed by atoms with Crippen molar-refractivity contribution in [2.75, 3.05) is 5.32 Å². The lowest BCUT2D eigenvalue weighted by atomic mass is 10.2. The molecule has 0 fully saturated rings. The first kappa shape index (κ1) is 23.7. The minimum atomic E-state index is -0.329. The number of rotatable bonds is 7. The van der Waals surface area contributed by atoms with E-state index in [4.69, 9.17) is 5.26 Å². The molecule has 34 heavy (non-hydrogen) atoms. The summed E-state index contributed by atoms with van der Waals surface area (Å²) in [6, 6.07) is 10.1. The van der Waals surface area contributed by atoms with Crippen molar-refractivity contribution in [2.45, 2.75) is 51.3 Å². The lowest BCUT2D eigenvalue weighted by molar-refractivity contribution is 0.102. The van der Waals surface area contributed by atoms with Gasteiger partial charge in [0.15, 0.2) is 0 Å². The fourth-order valence-corrected chi connectivity index (χ4v) is 5.72. The van der Waals surface area contributed by atoms with Crippen molar-refractivity contribution in [1.29, 1.82) is 5.26 Å². The Morgan fingerprint density at radius 1 is 1.26 bits per heavy atom. The summed E-state index contributed by atoms with van der Waals surface area (Å²) in [6.45, 7) is 8.07. The van der Waals surface area contributed by atoms with Gasteiger partial charge in [0.05, 0.1) is 40.7 Å². The van der Waals surface area contributed by atoms with Crippen LogP contribution in [0.4, 0.5) is 5.82 Å². The number of amides is 1. The van der Waals surface area contributed by atoms with Crippen LogP contribution < -0.4 is 10.9 Å². The lowest BCUT2D eigenvalue weighted by Gasteiger charge is -2.07. The Bertz CT molecular complexity index is 1490. The Hall–Kier alpha value is -3.42. The summed E-state index contributed by atoms with van der Waals surface area (Å²) in [5.74, 6) is 1.28. The zero-order valence-electron chi connectivity index (χ0n) is 19.4. The van der Waals surface area contributed by atoms with Crippen molar-refractivity contribution >= 4 is 45.0 Å². The number of benzene rings is 1. The van der Waals surface area contributed by atoms with Crippen LogP contribution in [-0.2, 0) is 12.3 Å². The summed E-state index contributed by atoms with van der Waals surface area (Å²) in [7, 11) is 0. The predicted molar refractivity (Wildman–Crippen MR) is 136 cm³/mol. The van der Waals surface area contributed by atoms with Gasteiger partial charge in [-0.3, -0.25) is 9.59 Å². The third-order valence-electron chi connectivity index (χ3n) is 5.34. The van der Waals surface area contributed by atoms with Gasteiger partial charge in [0.25, 0.3) is 11.5 Å². The van der Waals surface area contributed by atoms with Crippen LogP contribution in [0.1, 0.15) is 44.3 Å². The number of fused-ring (bicyclic) bond motifs is 1. The molecule has 0 bridgehead atoms. The third-order valence-corrected chi connectivity index (χ3v) is 7.70. The van der Waals surface area contributed by atoms with Crippen LogP contribution in [-0.4, -0.2) is 25.7 Å². The number of aromatic nitrogens is 4.